The highest BCUT2D eigenvalue weighted by Gasteiger charge is 2.29. The molecule has 4 rings (SSSR count). The van der Waals surface area contributed by atoms with E-state index in [1.807, 2.05) is 31.1 Å². The molecule has 0 radical (unpaired) electrons. The molecule has 0 spiro atoms. The molecule has 0 atom stereocenters. The molecule has 0 saturated heterocycles. The van der Waals surface area contributed by atoms with Crippen LogP contribution in [0.25, 0.3) is 12.2 Å². The van der Waals surface area contributed by atoms with Gasteiger partial charge in [0, 0.05) is 29.8 Å². The van der Waals surface area contributed by atoms with E-state index in [4.69, 9.17) is 0 Å². The molecular formula is C31H28F4N2O2. The third kappa shape index (κ3) is 7.29. The molecule has 3 aromatic carbocycles. The molecule has 0 bridgehead atoms. The lowest BCUT2D eigenvalue weighted by molar-refractivity contribution is -0.116. The van der Waals surface area contributed by atoms with E-state index in [1.165, 1.54) is 24.3 Å². The summed E-state index contributed by atoms with van der Waals surface area (Å²) in [5.41, 5.74) is 2.98. The standard InChI is InChI=1S/C31H28F4N2O2/c1-37(2)12-11-30(38)36-25-7-5-21(6-8-25)22-17-23(13-19-3-9-26(32)28(34)15-19)31(39)24(18-22)14-20-4-10-27(33)29(35)16-20/h3-10,13-16,22H,11-12,17-18H2,1-2H3,(H,36,38)/b23-13+,24-14+. The molecule has 0 aromatic heterocycles. The SMILES string of the molecule is CN(C)CCC(=O)Nc1ccc(C2C/C(=C\c3ccc(F)c(F)c3)C(=O)/C(=C/c3ccc(F)c(F)c3)C2)cc1. The lowest BCUT2D eigenvalue weighted by Crippen LogP contribution is -2.21. The number of allylic oxidation sites excluding steroid dienone is 2. The van der Waals surface area contributed by atoms with E-state index < -0.39 is 23.3 Å². The van der Waals surface area contributed by atoms with Crippen molar-refractivity contribution in [2.24, 2.45) is 0 Å². The first-order valence-electron chi connectivity index (χ1n) is 12.5. The Bertz CT molecular complexity index is 1370. The van der Waals surface area contributed by atoms with Crippen molar-refractivity contribution >= 4 is 29.5 Å². The fourth-order valence-corrected chi connectivity index (χ4v) is 4.47. The van der Waals surface area contributed by atoms with Crippen molar-refractivity contribution in [3.63, 3.8) is 0 Å². The molecule has 0 unspecified atom stereocenters. The van der Waals surface area contributed by atoms with Gasteiger partial charge in [-0.3, -0.25) is 9.59 Å². The monoisotopic (exact) mass is 536 g/mol. The number of rotatable bonds is 7. The Hall–Kier alpha value is -4.04. The Kier molecular flexibility index (Phi) is 8.76. The van der Waals surface area contributed by atoms with Gasteiger partial charge in [-0.1, -0.05) is 24.3 Å². The zero-order valence-electron chi connectivity index (χ0n) is 21.6. The third-order valence-electron chi connectivity index (χ3n) is 6.54. The number of hydrogen-bond donors (Lipinski definition) is 1. The quantitative estimate of drug-likeness (QED) is 0.269. The fraction of sp³-hybridized carbons (Fsp3) is 0.226. The molecule has 0 aliphatic heterocycles. The van der Waals surface area contributed by atoms with E-state index in [0.717, 1.165) is 29.8 Å². The van der Waals surface area contributed by atoms with Crippen LogP contribution in [-0.4, -0.2) is 37.2 Å². The van der Waals surface area contributed by atoms with Crippen molar-refractivity contribution in [1.29, 1.82) is 0 Å². The minimum Gasteiger partial charge on any atom is -0.326 e. The average molecular weight is 537 g/mol. The topological polar surface area (TPSA) is 49.4 Å². The molecular weight excluding hydrogens is 508 g/mol. The maximum atomic E-state index is 13.8. The second kappa shape index (κ2) is 12.2. The molecule has 4 nitrogen and oxygen atoms in total. The summed E-state index contributed by atoms with van der Waals surface area (Å²) in [4.78, 5) is 27.5. The van der Waals surface area contributed by atoms with E-state index in [0.29, 0.717) is 53.8 Å². The lowest BCUT2D eigenvalue weighted by Gasteiger charge is -2.26. The molecule has 1 aliphatic rings. The van der Waals surface area contributed by atoms with Crippen molar-refractivity contribution in [3.05, 3.63) is 112 Å². The number of benzene rings is 3. The summed E-state index contributed by atoms with van der Waals surface area (Å²) in [6, 6.07) is 14.1. The number of carbonyl (C=O) groups is 2. The van der Waals surface area contributed by atoms with Crippen molar-refractivity contribution in [2.45, 2.75) is 25.2 Å². The first-order chi connectivity index (χ1) is 18.6. The van der Waals surface area contributed by atoms with Crippen molar-refractivity contribution < 1.29 is 27.2 Å². The van der Waals surface area contributed by atoms with Gasteiger partial charge in [0.2, 0.25) is 5.91 Å². The van der Waals surface area contributed by atoms with Crippen LogP contribution in [-0.2, 0) is 9.59 Å². The number of halogens is 4. The molecule has 1 saturated carbocycles. The van der Waals surface area contributed by atoms with Crippen LogP contribution >= 0.6 is 0 Å². The third-order valence-corrected chi connectivity index (χ3v) is 6.54. The van der Waals surface area contributed by atoms with Gasteiger partial charge in [-0.2, -0.15) is 0 Å². The zero-order valence-corrected chi connectivity index (χ0v) is 21.6. The van der Waals surface area contributed by atoms with Gasteiger partial charge in [0.05, 0.1) is 0 Å². The summed E-state index contributed by atoms with van der Waals surface area (Å²) in [6.07, 6.45) is 4.07. The lowest BCUT2D eigenvalue weighted by atomic mass is 9.76. The van der Waals surface area contributed by atoms with E-state index >= 15 is 0 Å². The first-order valence-corrected chi connectivity index (χ1v) is 12.5. The number of carbonyl (C=O) groups excluding carboxylic acids is 2. The number of amides is 1. The number of Topliss-reactive ketones (excluding diaryl/α,β-unsaturated/α-hetero) is 1. The van der Waals surface area contributed by atoms with Crippen LogP contribution in [0.4, 0.5) is 23.2 Å². The Labute approximate surface area is 224 Å². The zero-order chi connectivity index (χ0) is 28.1. The average Bonchev–Trinajstić information content (AvgIpc) is 2.90. The summed E-state index contributed by atoms with van der Waals surface area (Å²) in [5.74, 6) is -4.58. The number of nitrogens with one attached hydrogen (secondary N) is 1. The van der Waals surface area contributed by atoms with Gasteiger partial charge in [-0.25, -0.2) is 17.6 Å². The van der Waals surface area contributed by atoms with Crippen LogP contribution in [0.1, 0.15) is 41.9 Å². The molecule has 3 aromatic rings. The van der Waals surface area contributed by atoms with Crippen LogP contribution in [0, 0.1) is 23.3 Å². The van der Waals surface area contributed by atoms with Gasteiger partial charge >= 0.3 is 0 Å². The van der Waals surface area contributed by atoms with Crippen molar-refractivity contribution in [2.75, 3.05) is 26.0 Å². The summed E-state index contributed by atoms with van der Waals surface area (Å²) >= 11 is 0. The number of ketones is 1. The molecule has 8 heteroatoms. The van der Waals surface area contributed by atoms with E-state index in [1.54, 1.807) is 12.1 Å². The van der Waals surface area contributed by atoms with E-state index in [2.05, 4.69) is 5.32 Å². The minimum absolute atomic E-state index is 0.104. The number of anilines is 1. The molecule has 1 aliphatic carbocycles. The fourth-order valence-electron chi connectivity index (χ4n) is 4.47. The Morgan fingerprint density at radius 1 is 0.821 bits per heavy atom. The predicted molar refractivity (Wildman–Crippen MR) is 144 cm³/mol. The Morgan fingerprint density at radius 2 is 1.33 bits per heavy atom. The highest BCUT2D eigenvalue weighted by molar-refractivity contribution is 6.14. The molecule has 1 amide bonds. The number of hydrogen-bond acceptors (Lipinski definition) is 3. The minimum atomic E-state index is -1.02. The second-order valence-corrected chi connectivity index (χ2v) is 9.84. The van der Waals surface area contributed by atoms with Crippen LogP contribution in [0.3, 0.4) is 0 Å². The van der Waals surface area contributed by atoms with Gasteiger partial charge in [0.25, 0.3) is 0 Å². The maximum absolute atomic E-state index is 13.8. The highest BCUT2D eigenvalue weighted by Crippen LogP contribution is 2.39. The van der Waals surface area contributed by atoms with Crippen LogP contribution in [0.2, 0.25) is 0 Å². The summed E-state index contributed by atoms with van der Waals surface area (Å²) < 4.78 is 54.5. The van der Waals surface area contributed by atoms with E-state index in [-0.39, 0.29) is 17.6 Å². The highest BCUT2D eigenvalue weighted by atomic mass is 19.2. The normalized spacial score (nSPS) is 17.7. The largest absolute Gasteiger partial charge is 0.326 e. The summed E-state index contributed by atoms with van der Waals surface area (Å²) in [6.45, 7) is 0.625. The Balaban J connectivity index is 1.63. The van der Waals surface area contributed by atoms with Gasteiger partial charge < -0.3 is 10.2 Å². The van der Waals surface area contributed by atoms with Crippen molar-refractivity contribution in [1.82, 2.24) is 4.90 Å². The molecule has 1 N–H and O–H groups in total. The van der Waals surface area contributed by atoms with Crippen LogP contribution in [0.15, 0.2) is 71.8 Å². The molecule has 39 heavy (non-hydrogen) atoms. The van der Waals surface area contributed by atoms with Gasteiger partial charge in [0.15, 0.2) is 29.1 Å². The second-order valence-electron chi connectivity index (χ2n) is 9.84. The maximum Gasteiger partial charge on any atom is 0.225 e. The smallest absolute Gasteiger partial charge is 0.225 e. The van der Waals surface area contributed by atoms with Gasteiger partial charge in [-0.05, 0) is 98.1 Å². The van der Waals surface area contributed by atoms with Crippen LogP contribution in [0.5, 0.6) is 0 Å². The summed E-state index contributed by atoms with van der Waals surface area (Å²) in [5, 5.41) is 2.86. The molecule has 202 valence electrons. The van der Waals surface area contributed by atoms with E-state index in [9.17, 15) is 27.2 Å². The number of nitrogens with zero attached hydrogens (tertiary/aromatic N) is 1. The van der Waals surface area contributed by atoms with Gasteiger partial charge in [0.1, 0.15) is 0 Å². The van der Waals surface area contributed by atoms with Gasteiger partial charge in [-0.15, -0.1) is 0 Å². The van der Waals surface area contributed by atoms with Crippen molar-refractivity contribution in [3.8, 4) is 0 Å². The Morgan fingerprint density at radius 3 is 1.79 bits per heavy atom. The molecule has 0 heterocycles. The first kappa shape index (κ1) is 28.0. The van der Waals surface area contributed by atoms with Crippen LogP contribution < -0.4 is 5.32 Å². The summed E-state index contributed by atoms with van der Waals surface area (Å²) in [7, 11) is 3.78. The molecule has 1 fully saturated rings. The predicted octanol–water partition coefficient (Wildman–Crippen LogP) is 6.75.